The fourth-order valence-corrected chi connectivity index (χ4v) is 4.77. The Morgan fingerprint density at radius 3 is 1.39 bits per heavy atom. The molecule has 2 fully saturated rings. The lowest BCUT2D eigenvalue weighted by molar-refractivity contribution is 0.229. The van der Waals surface area contributed by atoms with Crippen molar-refractivity contribution in [1.29, 1.82) is 0 Å². The molecule has 18 heavy (non-hydrogen) atoms. The molecule has 2 unspecified atom stereocenters. The van der Waals surface area contributed by atoms with Crippen molar-refractivity contribution in [2.75, 3.05) is 13.1 Å². The first-order valence-corrected chi connectivity index (χ1v) is 8.49. The highest BCUT2D eigenvalue weighted by molar-refractivity contribution is 7.83. The molecule has 0 aliphatic carbocycles. The first kappa shape index (κ1) is 14.2. The molecule has 2 saturated heterocycles. The SMILES string of the molecule is O=S(=O)(O)N1CCCC1C1CCCN1S(=O)(=O)O. The summed E-state index contributed by atoms with van der Waals surface area (Å²) in [4.78, 5) is 0. The molecule has 8 nitrogen and oxygen atoms in total. The summed E-state index contributed by atoms with van der Waals surface area (Å²) in [6.45, 7) is 0.360. The van der Waals surface area contributed by atoms with Gasteiger partial charge in [-0.15, -0.1) is 0 Å². The number of rotatable bonds is 3. The lowest BCUT2D eigenvalue weighted by atomic mass is 10.1. The Morgan fingerprint density at radius 2 is 1.11 bits per heavy atom. The molecule has 2 aliphatic heterocycles. The summed E-state index contributed by atoms with van der Waals surface area (Å²) in [6, 6.07) is -1.19. The van der Waals surface area contributed by atoms with Gasteiger partial charge >= 0.3 is 20.6 Å². The molecule has 0 saturated carbocycles. The maximum Gasteiger partial charge on any atom is 0.336 e. The van der Waals surface area contributed by atoms with Gasteiger partial charge in [0.1, 0.15) is 0 Å². The molecule has 0 aromatic rings. The zero-order valence-electron chi connectivity index (χ0n) is 9.64. The van der Waals surface area contributed by atoms with Crippen LogP contribution in [0.1, 0.15) is 25.7 Å². The maximum atomic E-state index is 11.2. The number of hydrogen-bond donors (Lipinski definition) is 2. The summed E-state index contributed by atoms with van der Waals surface area (Å²) in [6.07, 6.45) is 2.10. The van der Waals surface area contributed by atoms with Gasteiger partial charge in [0.2, 0.25) is 0 Å². The maximum absolute atomic E-state index is 11.2. The van der Waals surface area contributed by atoms with Crippen molar-refractivity contribution >= 4 is 20.6 Å². The van der Waals surface area contributed by atoms with Crippen LogP contribution in [-0.4, -0.2) is 59.7 Å². The quantitative estimate of drug-likeness (QED) is 0.680. The Labute approximate surface area is 106 Å². The van der Waals surface area contributed by atoms with E-state index in [1.807, 2.05) is 0 Å². The van der Waals surface area contributed by atoms with Crippen molar-refractivity contribution in [2.24, 2.45) is 0 Å². The van der Waals surface area contributed by atoms with Crippen LogP contribution in [0.3, 0.4) is 0 Å². The van der Waals surface area contributed by atoms with E-state index in [9.17, 15) is 16.8 Å². The molecular weight excluding hydrogens is 284 g/mol. The number of hydrogen-bond acceptors (Lipinski definition) is 4. The minimum Gasteiger partial charge on any atom is -0.273 e. The van der Waals surface area contributed by atoms with E-state index in [2.05, 4.69) is 0 Å². The third kappa shape index (κ3) is 2.68. The second kappa shape index (κ2) is 4.69. The molecule has 0 spiro atoms. The molecule has 2 heterocycles. The van der Waals surface area contributed by atoms with E-state index in [4.69, 9.17) is 9.11 Å². The minimum atomic E-state index is -4.33. The van der Waals surface area contributed by atoms with Crippen molar-refractivity contribution < 1.29 is 25.9 Å². The summed E-state index contributed by atoms with van der Waals surface area (Å²) < 4.78 is 64.9. The highest BCUT2D eigenvalue weighted by Gasteiger charge is 2.45. The first-order valence-electron chi connectivity index (χ1n) is 5.70. The van der Waals surface area contributed by atoms with Crippen LogP contribution in [0.25, 0.3) is 0 Å². The Kier molecular flexibility index (Phi) is 3.69. The van der Waals surface area contributed by atoms with Crippen LogP contribution in [0.15, 0.2) is 0 Å². The Morgan fingerprint density at radius 1 is 0.778 bits per heavy atom. The predicted molar refractivity (Wildman–Crippen MR) is 62.6 cm³/mol. The van der Waals surface area contributed by atoms with Gasteiger partial charge in [-0.25, -0.2) is 0 Å². The Bertz CT molecular complexity index is 468. The zero-order chi connectivity index (χ0) is 13.6. The van der Waals surface area contributed by atoms with E-state index < -0.39 is 32.7 Å². The van der Waals surface area contributed by atoms with E-state index in [-0.39, 0.29) is 13.1 Å². The van der Waals surface area contributed by atoms with Crippen LogP contribution in [0.2, 0.25) is 0 Å². The molecule has 0 aromatic carbocycles. The molecule has 2 atom stereocenters. The van der Waals surface area contributed by atoms with Crippen LogP contribution in [-0.2, 0) is 20.6 Å². The lowest BCUT2D eigenvalue weighted by Crippen LogP contribution is -2.49. The largest absolute Gasteiger partial charge is 0.336 e. The van der Waals surface area contributed by atoms with E-state index in [0.717, 1.165) is 8.61 Å². The average Bonchev–Trinajstić information content (AvgIpc) is 2.83. The van der Waals surface area contributed by atoms with Gasteiger partial charge in [-0.3, -0.25) is 9.11 Å². The van der Waals surface area contributed by atoms with Crippen LogP contribution < -0.4 is 0 Å². The van der Waals surface area contributed by atoms with E-state index in [0.29, 0.717) is 25.7 Å². The molecule has 0 aromatic heterocycles. The Balaban J connectivity index is 2.26. The topological polar surface area (TPSA) is 115 Å². The molecule has 2 rings (SSSR count). The lowest BCUT2D eigenvalue weighted by Gasteiger charge is -2.30. The van der Waals surface area contributed by atoms with E-state index in [1.165, 1.54) is 0 Å². The van der Waals surface area contributed by atoms with Crippen molar-refractivity contribution in [3.05, 3.63) is 0 Å². The standard InChI is InChI=1S/C8H16N2O6S2/c11-17(12,13)9-5-1-3-7(9)8-4-2-6-10(8)18(14,15)16/h7-8H,1-6H2,(H,11,12,13)(H,14,15,16). The van der Waals surface area contributed by atoms with Crippen molar-refractivity contribution in [2.45, 2.75) is 37.8 Å². The highest BCUT2D eigenvalue weighted by atomic mass is 32.2. The van der Waals surface area contributed by atoms with E-state index >= 15 is 0 Å². The van der Waals surface area contributed by atoms with Crippen LogP contribution in [0.4, 0.5) is 0 Å². The van der Waals surface area contributed by atoms with Gasteiger partial charge in [0, 0.05) is 25.2 Å². The summed E-state index contributed by atoms with van der Waals surface area (Å²) in [7, 11) is -8.66. The van der Waals surface area contributed by atoms with Crippen LogP contribution in [0.5, 0.6) is 0 Å². The fourth-order valence-electron chi connectivity index (χ4n) is 2.87. The number of nitrogens with zero attached hydrogens (tertiary/aromatic N) is 2. The first-order chi connectivity index (χ1) is 8.21. The molecule has 2 N–H and O–H groups in total. The fraction of sp³-hybridized carbons (Fsp3) is 1.00. The van der Waals surface area contributed by atoms with Crippen molar-refractivity contribution in [1.82, 2.24) is 8.61 Å². The Hall–Kier alpha value is -0.260. The van der Waals surface area contributed by atoms with Gasteiger partial charge in [0.05, 0.1) is 0 Å². The molecule has 10 heteroatoms. The summed E-state index contributed by atoms with van der Waals surface area (Å²) in [5.41, 5.74) is 0. The second-order valence-corrected chi connectivity index (χ2v) is 7.33. The highest BCUT2D eigenvalue weighted by Crippen LogP contribution is 2.32. The molecular formula is C8H16N2O6S2. The molecule has 2 aliphatic rings. The normalized spacial score (nSPS) is 32.1. The van der Waals surface area contributed by atoms with Gasteiger partial charge < -0.3 is 0 Å². The van der Waals surface area contributed by atoms with Crippen LogP contribution in [0, 0.1) is 0 Å². The van der Waals surface area contributed by atoms with Gasteiger partial charge in [0.25, 0.3) is 0 Å². The average molecular weight is 300 g/mol. The van der Waals surface area contributed by atoms with Gasteiger partial charge in [-0.1, -0.05) is 0 Å². The minimum absolute atomic E-state index is 0.180. The molecule has 0 amide bonds. The van der Waals surface area contributed by atoms with Gasteiger partial charge in [-0.2, -0.15) is 25.4 Å². The monoisotopic (exact) mass is 300 g/mol. The summed E-state index contributed by atoms with van der Waals surface area (Å²) in [5, 5.41) is 0. The summed E-state index contributed by atoms with van der Waals surface area (Å²) >= 11 is 0. The third-order valence-corrected chi connectivity index (χ3v) is 5.63. The zero-order valence-corrected chi connectivity index (χ0v) is 11.3. The summed E-state index contributed by atoms with van der Waals surface area (Å²) in [5.74, 6) is 0. The van der Waals surface area contributed by atoms with Gasteiger partial charge in [0.15, 0.2) is 0 Å². The smallest absolute Gasteiger partial charge is 0.273 e. The van der Waals surface area contributed by atoms with E-state index in [1.54, 1.807) is 0 Å². The third-order valence-electron chi connectivity index (χ3n) is 3.53. The van der Waals surface area contributed by atoms with Crippen molar-refractivity contribution in [3.8, 4) is 0 Å². The van der Waals surface area contributed by atoms with Crippen LogP contribution >= 0.6 is 0 Å². The molecule has 106 valence electrons. The van der Waals surface area contributed by atoms with Gasteiger partial charge in [-0.05, 0) is 25.7 Å². The predicted octanol–water partition coefficient (Wildman–Crippen LogP) is -0.479. The second-order valence-electron chi connectivity index (χ2n) is 4.60. The molecule has 0 radical (unpaired) electrons. The molecule has 0 bridgehead atoms. The van der Waals surface area contributed by atoms with Crippen molar-refractivity contribution in [3.63, 3.8) is 0 Å².